The minimum Gasteiger partial charge on any atom is -0.382 e. The molecule has 2 heterocycles. The minimum atomic E-state index is -0.190. The average molecular weight is 283 g/mol. The van der Waals surface area contributed by atoms with Crippen molar-refractivity contribution in [2.45, 2.75) is 26.2 Å². The largest absolute Gasteiger partial charge is 0.382 e. The maximum Gasteiger partial charge on any atom is 0.259 e. The summed E-state index contributed by atoms with van der Waals surface area (Å²) in [4.78, 5) is 19.5. The van der Waals surface area contributed by atoms with Crippen LogP contribution in [0.5, 0.6) is 0 Å². The topological polar surface area (TPSA) is 100 Å². The van der Waals surface area contributed by atoms with Gasteiger partial charge < -0.3 is 10.7 Å². The van der Waals surface area contributed by atoms with Crippen molar-refractivity contribution < 1.29 is 0 Å². The molecule has 1 aromatic carbocycles. The van der Waals surface area contributed by atoms with E-state index in [1.54, 1.807) is 12.1 Å². The van der Waals surface area contributed by atoms with Gasteiger partial charge in [0.2, 0.25) is 0 Å². The molecular weight excluding hydrogens is 266 g/mol. The quantitative estimate of drug-likeness (QED) is 0.637. The molecule has 0 saturated carbocycles. The third kappa shape index (κ3) is 2.18. The van der Waals surface area contributed by atoms with Gasteiger partial charge in [-0.25, -0.2) is 4.98 Å². The van der Waals surface area contributed by atoms with Gasteiger partial charge in [-0.3, -0.25) is 9.89 Å². The number of nitrogens with two attached hydrogens (primary N) is 1. The van der Waals surface area contributed by atoms with Crippen molar-refractivity contribution in [1.82, 2.24) is 20.2 Å². The monoisotopic (exact) mass is 283 g/mol. The first-order valence-electron chi connectivity index (χ1n) is 6.71. The first-order valence-corrected chi connectivity index (χ1v) is 6.71. The van der Waals surface area contributed by atoms with Gasteiger partial charge in [0, 0.05) is 5.41 Å². The van der Waals surface area contributed by atoms with Crippen molar-refractivity contribution in [2.24, 2.45) is 0 Å². The number of hydrogen-bond donors (Lipinski definition) is 3. The molecule has 2 aromatic heterocycles. The second-order valence-corrected chi connectivity index (χ2v) is 6.04. The lowest BCUT2D eigenvalue weighted by Crippen LogP contribution is -2.16. The van der Waals surface area contributed by atoms with E-state index >= 15 is 0 Å². The first-order chi connectivity index (χ1) is 9.88. The van der Waals surface area contributed by atoms with Crippen molar-refractivity contribution in [1.29, 1.82) is 0 Å². The molecule has 0 radical (unpaired) electrons. The van der Waals surface area contributed by atoms with E-state index in [1.807, 2.05) is 32.9 Å². The van der Waals surface area contributed by atoms with Gasteiger partial charge in [-0.2, -0.15) is 5.10 Å². The maximum atomic E-state index is 12.2. The van der Waals surface area contributed by atoms with Crippen molar-refractivity contribution in [3.8, 4) is 11.4 Å². The van der Waals surface area contributed by atoms with E-state index in [2.05, 4.69) is 20.2 Å². The van der Waals surface area contributed by atoms with E-state index < -0.39 is 0 Å². The van der Waals surface area contributed by atoms with Crippen molar-refractivity contribution in [3.05, 3.63) is 40.3 Å². The Balaban J connectivity index is 2.32. The molecular formula is C15H17N5O. The number of para-hydroxylation sites is 1. The molecule has 3 rings (SSSR count). The highest BCUT2D eigenvalue weighted by atomic mass is 16.1. The molecule has 0 spiro atoms. The maximum absolute atomic E-state index is 12.2. The lowest BCUT2D eigenvalue weighted by molar-refractivity contribution is 0.568. The van der Waals surface area contributed by atoms with Gasteiger partial charge in [-0.15, -0.1) is 0 Å². The van der Waals surface area contributed by atoms with E-state index in [-0.39, 0.29) is 11.0 Å². The fourth-order valence-electron chi connectivity index (χ4n) is 2.34. The summed E-state index contributed by atoms with van der Waals surface area (Å²) in [5.74, 6) is 0.772. The van der Waals surface area contributed by atoms with Gasteiger partial charge in [0.1, 0.15) is 5.82 Å². The Hall–Kier alpha value is -2.63. The van der Waals surface area contributed by atoms with Crippen molar-refractivity contribution >= 4 is 16.7 Å². The first kappa shape index (κ1) is 13.4. The fourth-order valence-corrected chi connectivity index (χ4v) is 2.34. The SMILES string of the molecule is CC(C)(C)c1[nH]nc(N)c1-c1nc2ccccc2c(=O)[nH]1. The normalized spacial score (nSPS) is 12.0. The number of rotatable bonds is 1. The molecule has 108 valence electrons. The lowest BCUT2D eigenvalue weighted by Gasteiger charge is -2.18. The van der Waals surface area contributed by atoms with Crippen molar-refractivity contribution in [2.75, 3.05) is 5.73 Å². The number of nitrogens with one attached hydrogen (secondary N) is 2. The van der Waals surface area contributed by atoms with Crippen LogP contribution in [0.2, 0.25) is 0 Å². The van der Waals surface area contributed by atoms with Crippen LogP contribution in [0.4, 0.5) is 5.82 Å². The Labute approximate surface area is 121 Å². The second-order valence-electron chi connectivity index (χ2n) is 6.04. The Bertz CT molecular complexity index is 870. The molecule has 0 fully saturated rings. The second kappa shape index (κ2) is 4.44. The molecule has 3 aromatic rings. The predicted molar refractivity (Wildman–Crippen MR) is 83.1 cm³/mol. The number of anilines is 1. The standard InChI is InChI=1S/C15H17N5O/c1-15(2,3)11-10(12(16)20-19-11)13-17-9-7-5-4-6-8(9)14(21)18-13/h4-7H,1-3H3,(H3,16,19,20)(H,17,18,21). The summed E-state index contributed by atoms with van der Waals surface area (Å²) in [6.45, 7) is 6.13. The van der Waals surface area contributed by atoms with E-state index in [4.69, 9.17) is 5.73 Å². The molecule has 6 heteroatoms. The average Bonchev–Trinajstić information content (AvgIpc) is 2.80. The zero-order valence-electron chi connectivity index (χ0n) is 12.2. The van der Waals surface area contributed by atoms with E-state index in [9.17, 15) is 4.79 Å². The highest BCUT2D eigenvalue weighted by Gasteiger charge is 2.25. The summed E-state index contributed by atoms with van der Waals surface area (Å²) in [6, 6.07) is 7.21. The molecule has 4 N–H and O–H groups in total. The Kier molecular flexibility index (Phi) is 2.83. The van der Waals surface area contributed by atoms with Crippen LogP contribution >= 0.6 is 0 Å². The summed E-state index contributed by atoms with van der Waals surface area (Å²) in [5.41, 5.74) is 7.72. The Morgan fingerprint density at radius 2 is 1.90 bits per heavy atom. The van der Waals surface area contributed by atoms with Crippen molar-refractivity contribution in [3.63, 3.8) is 0 Å². The third-order valence-corrected chi connectivity index (χ3v) is 3.39. The fraction of sp³-hybridized carbons (Fsp3) is 0.267. The molecule has 0 aliphatic rings. The van der Waals surface area contributed by atoms with E-state index in [0.29, 0.717) is 28.1 Å². The van der Waals surface area contributed by atoms with Gasteiger partial charge in [0.05, 0.1) is 22.2 Å². The van der Waals surface area contributed by atoms with Gasteiger partial charge >= 0.3 is 0 Å². The molecule has 0 atom stereocenters. The number of benzene rings is 1. The summed E-state index contributed by atoms with van der Waals surface area (Å²) >= 11 is 0. The number of aromatic nitrogens is 4. The van der Waals surface area contributed by atoms with Gasteiger partial charge in [-0.05, 0) is 12.1 Å². The number of aromatic amines is 2. The summed E-state index contributed by atoms with van der Waals surface area (Å²) < 4.78 is 0. The zero-order valence-corrected chi connectivity index (χ0v) is 12.2. The minimum absolute atomic E-state index is 0.184. The van der Waals surface area contributed by atoms with Crippen LogP contribution in [0.15, 0.2) is 29.1 Å². The van der Waals surface area contributed by atoms with Gasteiger partial charge in [0.25, 0.3) is 5.56 Å². The zero-order chi connectivity index (χ0) is 15.2. The molecule has 0 bridgehead atoms. The van der Waals surface area contributed by atoms with E-state index in [0.717, 1.165) is 5.69 Å². The van der Waals surface area contributed by atoms with E-state index in [1.165, 1.54) is 0 Å². The molecule has 0 aliphatic heterocycles. The van der Waals surface area contributed by atoms with Gasteiger partial charge in [-0.1, -0.05) is 32.9 Å². The van der Waals surface area contributed by atoms with Crippen LogP contribution in [0.1, 0.15) is 26.5 Å². The molecule has 0 amide bonds. The number of H-pyrrole nitrogens is 2. The third-order valence-electron chi connectivity index (χ3n) is 3.39. The highest BCUT2D eigenvalue weighted by molar-refractivity contribution is 5.81. The Morgan fingerprint density at radius 1 is 1.19 bits per heavy atom. The Morgan fingerprint density at radius 3 is 2.62 bits per heavy atom. The van der Waals surface area contributed by atoms with Crippen LogP contribution in [0.3, 0.4) is 0 Å². The van der Waals surface area contributed by atoms with Gasteiger partial charge in [0.15, 0.2) is 5.82 Å². The highest BCUT2D eigenvalue weighted by Crippen LogP contribution is 2.33. The number of nitrogens with zero attached hydrogens (tertiary/aromatic N) is 2. The number of hydrogen-bond acceptors (Lipinski definition) is 4. The molecule has 0 aliphatic carbocycles. The summed E-state index contributed by atoms with van der Waals surface area (Å²) in [7, 11) is 0. The molecule has 6 nitrogen and oxygen atoms in total. The lowest BCUT2D eigenvalue weighted by atomic mass is 9.89. The molecule has 0 saturated heterocycles. The van der Waals surface area contributed by atoms with Crippen LogP contribution in [-0.2, 0) is 5.41 Å². The predicted octanol–water partition coefficient (Wildman–Crippen LogP) is 2.19. The van der Waals surface area contributed by atoms with Crippen LogP contribution < -0.4 is 11.3 Å². The molecule has 0 unspecified atom stereocenters. The van der Waals surface area contributed by atoms with Crippen LogP contribution in [0.25, 0.3) is 22.3 Å². The number of nitrogen functional groups attached to an aromatic ring is 1. The van der Waals surface area contributed by atoms with Crippen LogP contribution in [-0.4, -0.2) is 20.2 Å². The molecule has 21 heavy (non-hydrogen) atoms. The smallest absolute Gasteiger partial charge is 0.259 e. The summed E-state index contributed by atoms with van der Waals surface area (Å²) in [5, 5.41) is 7.56. The van der Waals surface area contributed by atoms with Crippen LogP contribution in [0, 0.1) is 0 Å². The summed E-state index contributed by atoms with van der Waals surface area (Å²) in [6.07, 6.45) is 0. The number of fused-ring (bicyclic) bond motifs is 1.